The van der Waals surface area contributed by atoms with Crippen molar-refractivity contribution >= 4 is 17.5 Å². The molecule has 2 aromatic rings. The van der Waals surface area contributed by atoms with Crippen molar-refractivity contribution in [2.45, 2.75) is 25.4 Å². The van der Waals surface area contributed by atoms with Gasteiger partial charge in [0.15, 0.2) is 0 Å². The van der Waals surface area contributed by atoms with Crippen LogP contribution in [0.2, 0.25) is 5.15 Å². The van der Waals surface area contributed by atoms with Gasteiger partial charge in [-0.15, -0.1) is 0 Å². The number of carbonyl (C=O) groups is 1. The average molecular weight is 306 g/mol. The first kappa shape index (κ1) is 13.9. The molecule has 0 bridgehead atoms. The van der Waals surface area contributed by atoms with Gasteiger partial charge in [-0.1, -0.05) is 17.7 Å². The standard InChI is InChI=1S/C15H13ClFN3O/c16-14-13(7-10(17)8-19-14)15(21)20(12-4-5-12)9-11-3-1-2-6-18-11/h1-3,6-8,12H,4-5,9H2. The molecule has 1 amide bonds. The third-order valence-electron chi connectivity index (χ3n) is 3.34. The number of nitrogens with zero attached hydrogens (tertiary/aromatic N) is 3. The Morgan fingerprint density at radius 3 is 2.86 bits per heavy atom. The second-order valence-electron chi connectivity index (χ2n) is 4.98. The molecule has 6 heteroatoms. The second kappa shape index (κ2) is 5.77. The quantitative estimate of drug-likeness (QED) is 0.816. The van der Waals surface area contributed by atoms with Gasteiger partial charge in [-0.25, -0.2) is 9.37 Å². The molecule has 0 spiro atoms. The molecular formula is C15H13ClFN3O. The molecule has 0 unspecified atom stereocenters. The lowest BCUT2D eigenvalue weighted by Crippen LogP contribution is -2.33. The van der Waals surface area contributed by atoms with Gasteiger partial charge in [0.2, 0.25) is 0 Å². The average Bonchev–Trinajstić information content (AvgIpc) is 3.32. The van der Waals surface area contributed by atoms with Crippen molar-refractivity contribution in [2.75, 3.05) is 0 Å². The summed E-state index contributed by atoms with van der Waals surface area (Å²) in [6, 6.07) is 6.84. The van der Waals surface area contributed by atoms with Gasteiger partial charge in [0.25, 0.3) is 5.91 Å². The maximum Gasteiger partial charge on any atom is 0.257 e. The first-order valence-corrected chi connectivity index (χ1v) is 7.05. The predicted molar refractivity (Wildman–Crippen MR) is 76.3 cm³/mol. The van der Waals surface area contributed by atoms with Crippen molar-refractivity contribution < 1.29 is 9.18 Å². The van der Waals surface area contributed by atoms with Crippen molar-refractivity contribution in [1.82, 2.24) is 14.9 Å². The molecule has 0 N–H and O–H groups in total. The first-order chi connectivity index (χ1) is 10.1. The van der Waals surface area contributed by atoms with E-state index >= 15 is 0 Å². The molecule has 2 aromatic heterocycles. The molecule has 1 fully saturated rings. The third kappa shape index (κ3) is 3.19. The molecule has 0 atom stereocenters. The predicted octanol–water partition coefficient (Wildman–Crippen LogP) is 3.07. The van der Waals surface area contributed by atoms with E-state index in [2.05, 4.69) is 9.97 Å². The topological polar surface area (TPSA) is 46.1 Å². The van der Waals surface area contributed by atoms with Gasteiger partial charge in [-0.2, -0.15) is 0 Å². The normalized spacial score (nSPS) is 14.0. The van der Waals surface area contributed by atoms with Gasteiger partial charge >= 0.3 is 0 Å². The lowest BCUT2D eigenvalue weighted by Gasteiger charge is -2.22. The van der Waals surface area contributed by atoms with Crippen LogP contribution in [-0.2, 0) is 6.54 Å². The Kier molecular flexibility index (Phi) is 3.84. The van der Waals surface area contributed by atoms with Crippen LogP contribution < -0.4 is 0 Å². The van der Waals surface area contributed by atoms with Crippen LogP contribution >= 0.6 is 11.6 Å². The summed E-state index contributed by atoms with van der Waals surface area (Å²) in [5.74, 6) is -0.878. The van der Waals surface area contributed by atoms with Crippen molar-refractivity contribution in [2.24, 2.45) is 0 Å². The fraction of sp³-hybridized carbons (Fsp3) is 0.267. The molecule has 2 heterocycles. The molecule has 21 heavy (non-hydrogen) atoms. The molecular weight excluding hydrogens is 293 g/mol. The Morgan fingerprint density at radius 1 is 1.38 bits per heavy atom. The van der Waals surface area contributed by atoms with Crippen molar-refractivity contribution in [3.63, 3.8) is 0 Å². The highest BCUT2D eigenvalue weighted by atomic mass is 35.5. The van der Waals surface area contributed by atoms with Crippen LogP contribution in [0.15, 0.2) is 36.7 Å². The molecule has 1 aliphatic rings. The van der Waals surface area contributed by atoms with Crippen LogP contribution in [0.25, 0.3) is 0 Å². The number of hydrogen-bond acceptors (Lipinski definition) is 3. The molecule has 108 valence electrons. The third-order valence-corrected chi connectivity index (χ3v) is 3.64. The SMILES string of the molecule is O=C(c1cc(F)cnc1Cl)N(Cc1ccccn1)C1CC1. The molecule has 0 aromatic carbocycles. The van der Waals surface area contributed by atoms with Crippen LogP contribution in [0.1, 0.15) is 28.9 Å². The monoisotopic (exact) mass is 305 g/mol. The molecule has 1 aliphatic carbocycles. The summed E-state index contributed by atoms with van der Waals surface area (Å²) in [4.78, 5) is 22.2. The van der Waals surface area contributed by atoms with Crippen LogP contribution in [0, 0.1) is 5.82 Å². The van der Waals surface area contributed by atoms with Gasteiger partial charge in [-0.05, 0) is 31.0 Å². The number of rotatable bonds is 4. The Balaban J connectivity index is 1.87. The van der Waals surface area contributed by atoms with Gasteiger partial charge in [0, 0.05) is 12.2 Å². The highest BCUT2D eigenvalue weighted by Gasteiger charge is 2.34. The molecule has 0 aliphatic heterocycles. The first-order valence-electron chi connectivity index (χ1n) is 6.67. The Bertz CT molecular complexity index is 661. The lowest BCUT2D eigenvalue weighted by atomic mass is 10.2. The Hall–Kier alpha value is -2.01. The minimum Gasteiger partial charge on any atom is -0.330 e. The van der Waals surface area contributed by atoms with Crippen molar-refractivity contribution in [3.05, 3.63) is 58.9 Å². The summed E-state index contributed by atoms with van der Waals surface area (Å²) in [6.45, 7) is 0.386. The van der Waals surface area contributed by atoms with Gasteiger partial charge < -0.3 is 4.90 Å². The summed E-state index contributed by atoms with van der Waals surface area (Å²) in [6.07, 6.45) is 4.57. The summed E-state index contributed by atoms with van der Waals surface area (Å²) >= 11 is 5.92. The van der Waals surface area contributed by atoms with E-state index < -0.39 is 5.82 Å². The van der Waals surface area contributed by atoms with Crippen LogP contribution in [0.5, 0.6) is 0 Å². The summed E-state index contributed by atoms with van der Waals surface area (Å²) in [5, 5.41) is 0.0214. The number of halogens is 2. The molecule has 3 rings (SSSR count). The van der Waals surface area contributed by atoms with E-state index in [1.807, 2.05) is 18.2 Å². The zero-order chi connectivity index (χ0) is 14.8. The highest BCUT2D eigenvalue weighted by Crippen LogP contribution is 2.30. The minimum atomic E-state index is -0.573. The fourth-order valence-electron chi connectivity index (χ4n) is 2.15. The van der Waals surface area contributed by atoms with Crippen LogP contribution in [0.3, 0.4) is 0 Å². The van der Waals surface area contributed by atoms with E-state index in [4.69, 9.17) is 11.6 Å². The maximum atomic E-state index is 13.3. The maximum absolute atomic E-state index is 13.3. The number of hydrogen-bond donors (Lipinski definition) is 0. The van der Waals surface area contributed by atoms with Crippen molar-refractivity contribution in [1.29, 1.82) is 0 Å². The fourth-order valence-corrected chi connectivity index (χ4v) is 2.33. The smallest absolute Gasteiger partial charge is 0.257 e. The van der Waals surface area contributed by atoms with E-state index in [9.17, 15) is 9.18 Å². The van der Waals surface area contributed by atoms with Gasteiger partial charge in [-0.3, -0.25) is 9.78 Å². The van der Waals surface area contributed by atoms with E-state index in [1.165, 1.54) is 0 Å². The van der Waals surface area contributed by atoms with E-state index in [0.717, 1.165) is 30.8 Å². The number of carbonyl (C=O) groups excluding carboxylic acids is 1. The number of amides is 1. The van der Waals surface area contributed by atoms with Crippen LogP contribution in [-0.4, -0.2) is 26.8 Å². The van der Waals surface area contributed by atoms with E-state index in [0.29, 0.717) is 6.54 Å². The largest absolute Gasteiger partial charge is 0.330 e. The lowest BCUT2D eigenvalue weighted by molar-refractivity contribution is 0.0727. The molecule has 0 radical (unpaired) electrons. The summed E-state index contributed by atoms with van der Waals surface area (Å²) in [5.41, 5.74) is 0.887. The molecule has 1 saturated carbocycles. The summed E-state index contributed by atoms with van der Waals surface area (Å²) < 4.78 is 13.3. The number of aromatic nitrogens is 2. The Labute approximate surface area is 126 Å². The Morgan fingerprint density at radius 2 is 2.19 bits per heavy atom. The zero-order valence-corrected chi connectivity index (χ0v) is 11.9. The van der Waals surface area contributed by atoms with E-state index in [1.54, 1.807) is 11.1 Å². The second-order valence-corrected chi connectivity index (χ2v) is 5.34. The van der Waals surface area contributed by atoms with Gasteiger partial charge in [0.1, 0.15) is 11.0 Å². The molecule has 4 nitrogen and oxygen atoms in total. The zero-order valence-electron chi connectivity index (χ0n) is 11.2. The number of pyridine rings is 2. The minimum absolute atomic E-state index is 0.0214. The highest BCUT2D eigenvalue weighted by molar-refractivity contribution is 6.32. The van der Waals surface area contributed by atoms with Gasteiger partial charge in [0.05, 0.1) is 24.0 Å². The van der Waals surface area contributed by atoms with Crippen molar-refractivity contribution in [3.8, 4) is 0 Å². The summed E-state index contributed by atoms with van der Waals surface area (Å²) in [7, 11) is 0. The van der Waals surface area contributed by atoms with E-state index in [-0.39, 0.29) is 22.7 Å². The van der Waals surface area contributed by atoms with Crippen LogP contribution in [0.4, 0.5) is 4.39 Å². The molecule has 0 saturated heterocycles.